The number of hydrogen-bond acceptors (Lipinski definition) is 7. The van der Waals surface area contributed by atoms with Crippen molar-refractivity contribution in [3.63, 3.8) is 0 Å². The molecule has 0 aliphatic carbocycles. The number of carbonyl (C=O) groups is 2. The van der Waals surface area contributed by atoms with Gasteiger partial charge >= 0.3 is 5.97 Å². The SMILES string of the molecule is O=C(Cn1nnc(-c2ccccc2)n1)NN=Cc1ccc(-c2ccc(C(=O)O)cc2)o1. The van der Waals surface area contributed by atoms with Crippen molar-refractivity contribution in [3.05, 3.63) is 78.1 Å². The summed E-state index contributed by atoms with van der Waals surface area (Å²) in [4.78, 5) is 24.1. The molecule has 0 aliphatic heterocycles. The van der Waals surface area contributed by atoms with Gasteiger partial charge in [-0.3, -0.25) is 4.79 Å². The first-order chi connectivity index (χ1) is 15.1. The van der Waals surface area contributed by atoms with E-state index in [0.29, 0.717) is 17.3 Å². The number of carboxylic acids is 1. The van der Waals surface area contributed by atoms with Gasteiger partial charge in [-0.1, -0.05) is 42.5 Å². The van der Waals surface area contributed by atoms with Crippen LogP contribution in [0.3, 0.4) is 0 Å². The molecular formula is C21H16N6O4. The molecule has 0 spiro atoms. The van der Waals surface area contributed by atoms with Gasteiger partial charge in [-0.25, -0.2) is 10.2 Å². The van der Waals surface area contributed by atoms with Gasteiger partial charge in [0.1, 0.15) is 18.1 Å². The van der Waals surface area contributed by atoms with Crippen molar-refractivity contribution in [3.8, 4) is 22.7 Å². The molecule has 10 nitrogen and oxygen atoms in total. The molecule has 0 saturated heterocycles. The van der Waals surface area contributed by atoms with Crippen LogP contribution in [0.1, 0.15) is 16.1 Å². The lowest BCUT2D eigenvalue weighted by molar-refractivity contribution is -0.122. The van der Waals surface area contributed by atoms with E-state index >= 15 is 0 Å². The Balaban J connectivity index is 1.32. The number of hydrazone groups is 1. The van der Waals surface area contributed by atoms with Crippen molar-refractivity contribution < 1.29 is 19.1 Å². The maximum absolute atomic E-state index is 12.0. The molecular weight excluding hydrogens is 400 g/mol. The number of aromatic carboxylic acids is 1. The largest absolute Gasteiger partial charge is 0.478 e. The third kappa shape index (κ3) is 4.88. The van der Waals surface area contributed by atoms with Crippen LogP contribution in [-0.2, 0) is 11.3 Å². The lowest BCUT2D eigenvalue weighted by Gasteiger charge is -1.98. The summed E-state index contributed by atoms with van der Waals surface area (Å²) in [5.74, 6) is -0.0273. The first-order valence-electron chi connectivity index (χ1n) is 9.17. The number of furan rings is 1. The molecule has 0 bridgehead atoms. The Hall–Kier alpha value is -4.60. The molecule has 31 heavy (non-hydrogen) atoms. The highest BCUT2D eigenvalue weighted by Crippen LogP contribution is 2.22. The Bertz CT molecular complexity index is 1230. The molecule has 0 saturated carbocycles. The minimum Gasteiger partial charge on any atom is -0.478 e. The van der Waals surface area contributed by atoms with Crippen LogP contribution in [-0.4, -0.2) is 43.4 Å². The predicted octanol–water partition coefficient (Wildman–Crippen LogP) is 2.45. The number of nitrogens with one attached hydrogen (secondary N) is 1. The number of tetrazole rings is 1. The number of rotatable bonds is 7. The molecule has 0 radical (unpaired) electrons. The quantitative estimate of drug-likeness (QED) is 0.349. The minimum absolute atomic E-state index is 0.142. The van der Waals surface area contributed by atoms with Gasteiger partial charge in [-0.2, -0.15) is 9.90 Å². The Morgan fingerprint density at radius 2 is 1.81 bits per heavy atom. The van der Waals surface area contributed by atoms with E-state index in [4.69, 9.17) is 9.52 Å². The fraction of sp³-hybridized carbons (Fsp3) is 0.0476. The fourth-order valence-corrected chi connectivity index (χ4v) is 2.70. The Kier molecular flexibility index (Phi) is 5.61. The average molecular weight is 416 g/mol. The molecule has 4 aromatic rings. The van der Waals surface area contributed by atoms with Gasteiger partial charge in [0, 0.05) is 11.1 Å². The molecule has 10 heteroatoms. The van der Waals surface area contributed by atoms with E-state index < -0.39 is 11.9 Å². The summed E-state index contributed by atoms with van der Waals surface area (Å²) >= 11 is 0. The van der Waals surface area contributed by atoms with E-state index in [1.54, 1.807) is 24.3 Å². The number of benzene rings is 2. The van der Waals surface area contributed by atoms with Crippen molar-refractivity contribution >= 4 is 18.1 Å². The third-order valence-electron chi connectivity index (χ3n) is 4.19. The maximum Gasteiger partial charge on any atom is 0.335 e. The fourth-order valence-electron chi connectivity index (χ4n) is 2.70. The van der Waals surface area contributed by atoms with Crippen LogP contribution in [0.4, 0.5) is 0 Å². The lowest BCUT2D eigenvalue weighted by Crippen LogP contribution is -2.24. The van der Waals surface area contributed by atoms with Crippen LogP contribution in [0.25, 0.3) is 22.7 Å². The van der Waals surface area contributed by atoms with Crippen LogP contribution >= 0.6 is 0 Å². The maximum atomic E-state index is 12.0. The van der Waals surface area contributed by atoms with E-state index in [-0.39, 0.29) is 12.1 Å². The molecule has 2 aromatic heterocycles. The second kappa shape index (κ2) is 8.82. The highest BCUT2D eigenvalue weighted by Gasteiger charge is 2.09. The van der Waals surface area contributed by atoms with Crippen molar-refractivity contribution in [2.45, 2.75) is 6.54 Å². The molecule has 0 aliphatic rings. The second-order valence-electron chi connectivity index (χ2n) is 6.39. The molecule has 2 heterocycles. The summed E-state index contributed by atoms with van der Waals surface area (Å²) in [6.07, 6.45) is 1.36. The van der Waals surface area contributed by atoms with Gasteiger partial charge in [0.15, 0.2) is 0 Å². The van der Waals surface area contributed by atoms with Gasteiger partial charge in [0.05, 0.1) is 11.8 Å². The van der Waals surface area contributed by atoms with Crippen molar-refractivity contribution in [2.75, 3.05) is 0 Å². The first-order valence-corrected chi connectivity index (χ1v) is 9.17. The highest BCUT2D eigenvalue weighted by molar-refractivity contribution is 5.88. The second-order valence-corrected chi connectivity index (χ2v) is 6.39. The van der Waals surface area contributed by atoms with Gasteiger partial charge in [-0.05, 0) is 29.5 Å². The number of nitrogens with zero attached hydrogens (tertiary/aromatic N) is 5. The lowest BCUT2D eigenvalue weighted by atomic mass is 10.1. The Labute approximate surface area is 175 Å². The number of carbonyl (C=O) groups excluding carboxylic acids is 1. The molecule has 2 N–H and O–H groups in total. The number of amides is 1. The molecule has 0 unspecified atom stereocenters. The Morgan fingerprint density at radius 1 is 1.03 bits per heavy atom. The number of carboxylic acid groups (broad SMARTS) is 1. The summed E-state index contributed by atoms with van der Waals surface area (Å²) in [6, 6.07) is 19.0. The number of hydrogen-bond donors (Lipinski definition) is 2. The average Bonchev–Trinajstić information content (AvgIpc) is 3.44. The third-order valence-corrected chi connectivity index (χ3v) is 4.19. The summed E-state index contributed by atoms with van der Waals surface area (Å²) in [7, 11) is 0. The van der Waals surface area contributed by atoms with Gasteiger partial charge in [0.2, 0.25) is 5.82 Å². The van der Waals surface area contributed by atoms with E-state index in [9.17, 15) is 9.59 Å². The summed E-state index contributed by atoms with van der Waals surface area (Å²) in [5.41, 5.74) is 4.09. The van der Waals surface area contributed by atoms with Crippen molar-refractivity contribution in [1.29, 1.82) is 0 Å². The topological polar surface area (TPSA) is 136 Å². The predicted molar refractivity (Wildman–Crippen MR) is 110 cm³/mol. The Morgan fingerprint density at radius 3 is 2.55 bits per heavy atom. The van der Waals surface area contributed by atoms with Crippen molar-refractivity contribution in [1.82, 2.24) is 25.6 Å². The van der Waals surface area contributed by atoms with Crippen LogP contribution in [0.5, 0.6) is 0 Å². The van der Waals surface area contributed by atoms with Gasteiger partial charge in [0.25, 0.3) is 5.91 Å². The smallest absolute Gasteiger partial charge is 0.335 e. The molecule has 2 aromatic carbocycles. The number of aromatic nitrogens is 4. The zero-order valence-electron chi connectivity index (χ0n) is 16.0. The molecule has 1 amide bonds. The van der Waals surface area contributed by atoms with Crippen molar-refractivity contribution in [2.24, 2.45) is 5.10 Å². The molecule has 0 fully saturated rings. The first kappa shape index (κ1) is 19.7. The van der Waals surface area contributed by atoms with Crippen LogP contribution in [0.15, 0.2) is 76.2 Å². The van der Waals surface area contributed by atoms with E-state index in [1.807, 2.05) is 30.3 Å². The molecule has 4 rings (SSSR count). The van der Waals surface area contributed by atoms with E-state index in [1.165, 1.54) is 23.1 Å². The normalized spacial score (nSPS) is 11.0. The van der Waals surface area contributed by atoms with Crippen LogP contribution in [0.2, 0.25) is 0 Å². The standard InChI is InChI=1S/C21H16N6O4/c28-19(13-27-25-20(24-26-27)15-4-2-1-3-5-15)23-22-12-17-10-11-18(31-17)14-6-8-16(9-7-14)21(29)30/h1-12H,13H2,(H,23,28)(H,29,30). The minimum atomic E-state index is -0.994. The van der Waals surface area contributed by atoms with Gasteiger partial charge < -0.3 is 9.52 Å². The van der Waals surface area contributed by atoms with Gasteiger partial charge in [-0.15, -0.1) is 10.2 Å². The van der Waals surface area contributed by atoms with E-state index in [0.717, 1.165) is 11.1 Å². The summed E-state index contributed by atoms with van der Waals surface area (Å²) < 4.78 is 5.63. The highest BCUT2D eigenvalue weighted by atomic mass is 16.4. The summed E-state index contributed by atoms with van der Waals surface area (Å²) in [6.45, 7) is -0.142. The van der Waals surface area contributed by atoms with E-state index in [2.05, 4.69) is 25.9 Å². The van der Waals surface area contributed by atoms with Crippen LogP contribution < -0.4 is 5.43 Å². The zero-order chi connectivity index (χ0) is 21.6. The molecule has 154 valence electrons. The molecule has 0 atom stereocenters. The monoisotopic (exact) mass is 416 g/mol. The zero-order valence-corrected chi connectivity index (χ0v) is 16.0. The van der Waals surface area contributed by atoms with Crippen LogP contribution in [0, 0.1) is 0 Å². The summed E-state index contributed by atoms with van der Waals surface area (Å²) in [5, 5.41) is 24.8.